The van der Waals surface area contributed by atoms with E-state index >= 15 is 0 Å². The lowest BCUT2D eigenvalue weighted by Crippen LogP contribution is -2.36. The second-order valence-electron chi connectivity index (χ2n) is 6.58. The topological polar surface area (TPSA) is 67.4 Å². The average Bonchev–Trinajstić information content (AvgIpc) is 2.79. The molecule has 0 bridgehead atoms. The number of benzene rings is 1. The van der Waals surface area contributed by atoms with Gasteiger partial charge in [-0.3, -0.25) is 4.79 Å². The third-order valence-electron chi connectivity index (χ3n) is 4.57. The Morgan fingerprint density at radius 3 is 2.69 bits per heavy atom. The molecule has 148 valence electrons. The fourth-order valence-electron chi connectivity index (χ4n) is 3.06. The molecule has 0 unspecified atom stereocenters. The number of rotatable bonds is 6. The monoisotopic (exact) mass is 406 g/mol. The minimum Gasteiger partial charge on any atom is -0.378 e. The van der Waals surface area contributed by atoms with Crippen molar-refractivity contribution >= 4 is 23.5 Å². The van der Waals surface area contributed by atoms with Crippen molar-refractivity contribution in [1.29, 1.82) is 0 Å². The Morgan fingerprint density at radius 1 is 1.03 bits per heavy atom. The molecule has 1 aliphatic heterocycles. The summed E-state index contributed by atoms with van der Waals surface area (Å²) in [6, 6.07) is 17.5. The summed E-state index contributed by atoms with van der Waals surface area (Å²) < 4.78 is 5.40. The minimum absolute atomic E-state index is 0.138. The zero-order valence-corrected chi connectivity index (χ0v) is 16.8. The van der Waals surface area contributed by atoms with Crippen LogP contribution in [0.1, 0.15) is 15.9 Å². The highest BCUT2D eigenvalue weighted by molar-refractivity contribution is 7.99. The number of nitrogens with one attached hydrogen (secondary N) is 1. The van der Waals surface area contributed by atoms with E-state index in [-0.39, 0.29) is 5.91 Å². The highest BCUT2D eigenvalue weighted by atomic mass is 32.2. The first kappa shape index (κ1) is 19.4. The van der Waals surface area contributed by atoms with E-state index in [1.807, 2.05) is 42.5 Å². The SMILES string of the molecule is O=C(NCc1ccnc(N2CCOCC2)c1)c1cccnc1Sc1ccccc1. The summed E-state index contributed by atoms with van der Waals surface area (Å²) in [4.78, 5) is 24.9. The summed E-state index contributed by atoms with van der Waals surface area (Å²) in [6.07, 6.45) is 3.49. The van der Waals surface area contributed by atoms with Crippen molar-refractivity contribution in [2.24, 2.45) is 0 Å². The van der Waals surface area contributed by atoms with Crippen LogP contribution in [0.2, 0.25) is 0 Å². The standard InChI is InChI=1S/C22H22N4O2S/c27-21(19-7-4-9-24-22(19)29-18-5-2-1-3-6-18)25-16-17-8-10-23-20(15-17)26-11-13-28-14-12-26/h1-10,15H,11-14,16H2,(H,25,27). The van der Waals surface area contributed by atoms with Crippen LogP contribution < -0.4 is 10.2 Å². The summed E-state index contributed by atoms with van der Waals surface area (Å²) in [5.74, 6) is 0.781. The average molecular weight is 407 g/mol. The van der Waals surface area contributed by atoms with Gasteiger partial charge in [-0.1, -0.05) is 30.0 Å². The van der Waals surface area contributed by atoms with Crippen molar-refractivity contribution in [3.05, 3.63) is 78.1 Å². The zero-order valence-electron chi connectivity index (χ0n) is 16.0. The van der Waals surface area contributed by atoms with Gasteiger partial charge in [0.05, 0.1) is 18.8 Å². The van der Waals surface area contributed by atoms with E-state index in [1.54, 1.807) is 24.5 Å². The second kappa shape index (κ2) is 9.54. The predicted molar refractivity (Wildman–Crippen MR) is 113 cm³/mol. The van der Waals surface area contributed by atoms with Gasteiger partial charge in [0.2, 0.25) is 0 Å². The van der Waals surface area contributed by atoms with Gasteiger partial charge >= 0.3 is 0 Å². The van der Waals surface area contributed by atoms with E-state index in [2.05, 4.69) is 20.2 Å². The molecular weight excluding hydrogens is 384 g/mol. The number of pyridine rings is 2. The molecule has 1 amide bonds. The molecular formula is C22H22N4O2S. The van der Waals surface area contributed by atoms with Crippen molar-refractivity contribution in [2.45, 2.75) is 16.5 Å². The van der Waals surface area contributed by atoms with Crippen molar-refractivity contribution in [2.75, 3.05) is 31.2 Å². The van der Waals surface area contributed by atoms with Crippen LogP contribution in [-0.4, -0.2) is 42.2 Å². The highest BCUT2D eigenvalue weighted by Crippen LogP contribution is 2.28. The molecule has 1 fully saturated rings. The molecule has 1 N–H and O–H groups in total. The Labute approximate surface area is 174 Å². The van der Waals surface area contributed by atoms with E-state index in [0.29, 0.717) is 30.3 Å². The van der Waals surface area contributed by atoms with Crippen LogP contribution in [-0.2, 0) is 11.3 Å². The Balaban J connectivity index is 1.43. The van der Waals surface area contributed by atoms with E-state index < -0.39 is 0 Å². The first-order valence-corrected chi connectivity index (χ1v) is 10.3. The normalized spacial score (nSPS) is 13.9. The number of morpholine rings is 1. The fourth-order valence-corrected chi connectivity index (χ4v) is 3.96. The van der Waals surface area contributed by atoms with Crippen molar-refractivity contribution < 1.29 is 9.53 Å². The van der Waals surface area contributed by atoms with Gasteiger partial charge in [-0.15, -0.1) is 0 Å². The van der Waals surface area contributed by atoms with Gasteiger partial charge in [-0.2, -0.15) is 0 Å². The van der Waals surface area contributed by atoms with Crippen LogP contribution in [0.4, 0.5) is 5.82 Å². The molecule has 2 aromatic heterocycles. The largest absolute Gasteiger partial charge is 0.378 e. The lowest BCUT2D eigenvalue weighted by atomic mass is 10.2. The smallest absolute Gasteiger partial charge is 0.254 e. The van der Waals surface area contributed by atoms with Crippen LogP contribution >= 0.6 is 11.8 Å². The van der Waals surface area contributed by atoms with Crippen LogP contribution in [0, 0.1) is 0 Å². The van der Waals surface area contributed by atoms with Gasteiger partial charge in [0.15, 0.2) is 0 Å². The number of aromatic nitrogens is 2. The maximum atomic E-state index is 12.8. The molecule has 0 radical (unpaired) electrons. The number of hydrogen-bond donors (Lipinski definition) is 1. The summed E-state index contributed by atoms with van der Waals surface area (Å²) in [5.41, 5.74) is 1.58. The lowest BCUT2D eigenvalue weighted by Gasteiger charge is -2.28. The maximum Gasteiger partial charge on any atom is 0.254 e. The summed E-state index contributed by atoms with van der Waals surface area (Å²) in [5, 5.41) is 3.70. The lowest BCUT2D eigenvalue weighted by molar-refractivity contribution is 0.0947. The van der Waals surface area contributed by atoms with Crippen LogP contribution in [0.3, 0.4) is 0 Å². The number of amides is 1. The third-order valence-corrected chi connectivity index (χ3v) is 5.60. The van der Waals surface area contributed by atoms with E-state index in [0.717, 1.165) is 29.4 Å². The number of hydrogen-bond acceptors (Lipinski definition) is 6. The molecule has 1 saturated heterocycles. The van der Waals surface area contributed by atoms with Gasteiger partial charge in [-0.05, 0) is 42.0 Å². The van der Waals surface area contributed by atoms with Gasteiger partial charge in [-0.25, -0.2) is 9.97 Å². The first-order valence-electron chi connectivity index (χ1n) is 9.53. The Hall–Kier alpha value is -2.90. The summed E-state index contributed by atoms with van der Waals surface area (Å²) in [7, 11) is 0. The minimum atomic E-state index is -0.138. The second-order valence-corrected chi connectivity index (χ2v) is 7.64. The summed E-state index contributed by atoms with van der Waals surface area (Å²) in [6.45, 7) is 3.52. The Bertz CT molecular complexity index is 962. The van der Waals surface area contributed by atoms with Crippen molar-refractivity contribution in [3.8, 4) is 0 Å². The molecule has 3 heterocycles. The molecule has 1 aromatic carbocycles. The van der Waals surface area contributed by atoms with Crippen molar-refractivity contribution in [1.82, 2.24) is 15.3 Å². The molecule has 0 spiro atoms. The van der Waals surface area contributed by atoms with E-state index in [1.165, 1.54) is 11.8 Å². The predicted octanol–water partition coefficient (Wildman–Crippen LogP) is 3.39. The molecule has 0 atom stereocenters. The molecule has 6 nitrogen and oxygen atoms in total. The summed E-state index contributed by atoms with van der Waals surface area (Å²) >= 11 is 1.48. The highest BCUT2D eigenvalue weighted by Gasteiger charge is 2.15. The molecule has 7 heteroatoms. The molecule has 29 heavy (non-hydrogen) atoms. The number of nitrogens with zero attached hydrogens (tertiary/aromatic N) is 3. The quantitative estimate of drug-likeness (QED) is 0.677. The van der Waals surface area contributed by atoms with Gasteiger partial charge in [0.25, 0.3) is 5.91 Å². The van der Waals surface area contributed by atoms with E-state index in [4.69, 9.17) is 4.74 Å². The number of carbonyl (C=O) groups is 1. The van der Waals surface area contributed by atoms with E-state index in [9.17, 15) is 4.79 Å². The van der Waals surface area contributed by atoms with Crippen molar-refractivity contribution in [3.63, 3.8) is 0 Å². The maximum absolute atomic E-state index is 12.8. The van der Waals surface area contributed by atoms with Crippen LogP contribution in [0.15, 0.2) is 76.9 Å². The fraction of sp³-hybridized carbons (Fsp3) is 0.227. The van der Waals surface area contributed by atoms with Gasteiger partial charge in [0.1, 0.15) is 10.8 Å². The number of carbonyl (C=O) groups excluding carboxylic acids is 1. The van der Waals surface area contributed by atoms with Crippen LogP contribution in [0.25, 0.3) is 0 Å². The molecule has 1 aliphatic rings. The molecule has 3 aromatic rings. The van der Waals surface area contributed by atoms with Gasteiger partial charge in [0, 0.05) is 36.9 Å². The van der Waals surface area contributed by atoms with Gasteiger partial charge < -0.3 is 15.0 Å². The molecule has 0 aliphatic carbocycles. The third kappa shape index (κ3) is 5.13. The van der Waals surface area contributed by atoms with Crippen LogP contribution in [0.5, 0.6) is 0 Å². The Kier molecular flexibility index (Phi) is 6.38. The first-order chi connectivity index (χ1) is 14.3. The zero-order chi connectivity index (χ0) is 19.9. The number of anilines is 1. The number of ether oxygens (including phenoxy) is 1. The molecule has 0 saturated carbocycles. The molecule has 4 rings (SSSR count). The Morgan fingerprint density at radius 2 is 1.86 bits per heavy atom.